The molecule has 0 radical (unpaired) electrons. The summed E-state index contributed by atoms with van der Waals surface area (Å²) < 4.78 is 0. The summed E-state index contributed by atoms with van der Waals surface area (Å²) in [7, 11) is 0. The van der Waals surface area contributed by atoms with Crippen LogP contribution in [-0.4, -0.2) is 15.4 Å². The third-order valence-electron chi connectivity index (χ3n) is 0.904. The summed E-state index contributed by atoms with van der Waals surface area (Å²) in [6.45, 7) is 0. The Morgan fingerprint density at radius 1 is 1.55 bits per heavy atom. The van der Waals surface area contributed by atoms with E-state index in [4.69, 9.17) is 22.6 Å². The quantitative estimate of drug-likeness (QED) is 0.455. The van der Waals surface area contributed by atoms with Crippen molar-refractivity contribution >= 4 is 23.2 Å². The standard InChI is InChI=1S/C4H3ClN6/c5-2-3(7)9-11-10-4(2)8-1-6/h(H3,7,8,9,10). The number of aromatic nitrogens is 3. The molecule has 3 N–H and O–H groups in total. The summed E-state index contributed by atoms with van der Waals surface area (Å²) in [5.41, 5.74) is 5.26. The van der Waals surface area contributed by atoms with Crippen LogP contribution >= 0.6 is 11.6 Å². The number of nitrogens with one attached hydrogen (secondary N) is 1. The molecule has 7 heteroatoms. The van der Waals surface area contributed by atoms with Gasteiger partial charge in [0, 0.05) is 0 Å². The number of nitriles is 1. The molecule has 0 saturated heterocycles. The fourth-order valence-corrected chi connectivity index (χ4v) is 0.580. The number of hydrogen-bond donors (Lipinski definition) is 2. The van der Waals surface area contributed by atoms with Crippen LogP contribution in [0.1, 0.15) is 0 Å². The first-order chi connectivity index (χ1) is 5.25. The third kappa shape index (κ3) is 1.45. The molecule has 56 valence electrons. The van der Waals surface area contributed by atoms with Crippen molar-refractivity contribution in [3.63, 3.8) is 0 Å². The molecule has 0 aliphatic rings. The van der Waals surface area contributed by atoms with Crippen molar-refractivity contribution < 1.29 is 0 Å². The van der Waals surface area contributed by atoms with Crippen molar-refractivity contribution in [3.05, 3.63) is 5.02 Å². The smallest absolute Gasteiger partial charge is 0.186 e. The molecule has 0 bridgehead atoms. The van der Waals surface area contributed by atoms with E-state index in [-0.39, 0.29) is 16.7 Å². The van der Waals surface area contributed by atoms with Gasteiger partial charge in [0.25, 0.3) is 0 Å². The molecule has 0 aromatic carbocycles. The van der Waals surface area contributed by atoms with Crippen LogP contribution in [0.5, 0.6) is 0 Å². The fourth-order valence-electron chi connectivity index (χ4n) is 0.457. The minimum atomic E-state index is 0.0411. The summed E-state index contributed by atoms with van der Waals surface area (Å²) >= 11 is 5.57. The number of anilines is 2. The van der Waals surface area contributed by atoms with Crippen molar-refractivity contribution in [2.24, 2.45) is 0 Å². The average Bonchev–Trinajstić information content (AvgIpc) is 1.99. The lowest BCUT2D eigenvalue weighted by atomic mass is 10.5. The van der Waals surface area contributed by atoms with E-state index in [1.54, 1.807) is 6.19 Å². The zero-order valence-corrected chi connectivity index (χ0v) is 6.00. The predicted molar refractivity (Wildman–Crippen MR) is 38.5 cm³/mol. The predicted octanol–water partition coefficient (Wildman–Crippen LogP) is 0.000180. The molecule has 1 rings (SSSR count). The third-order valence-corrected chi connectivity index (χ3v) is 1.28. The molecule has 1 aromatic rings. The minimum absolute atomic E-state index is 0.0411. The molecule has 11 heavy (non-hydrogen) atoms. The first-order valence-electron chi connectivity index (χ1n) is 2.55. The molecule has 0 fully saturated rings. The molecule has 0 atom stereocenters. The van der Waals surface area contributed by atoms with Gasteiger partial charge in [-0.2, -0.15) is 5.26 Å². The van der Waals surface area contributed by atoms with Crippen LogP contribution in [0, 0.1) is 11.5 Å². The summed E-state index contributed by atoms with van der Waals surface area (Å²) in [4.78, 5) is 0. The van der Waals surface area contributed by atoms with Gasteiger partial charge in [0.15, 0.2) is 17.8 Å². The summed E-state index contributed by atoms with van der Waals surface area (Å²) in [6, 6.07) is 0. The number of hydrogen-bond acceptors (Lipinski definition) is 6. The van der Waals surface area contributed by atoms with Crippen molar-refractivity contribution in [2.75, 3.05) is 11.1 Å². The monoisotopic (exact) mass is 170 g/mol. The number of rotatable bonds is 1. The second-order valence-corrected chi connectivity index (χ2v) is 1.95. The van der Waals surface area contributed by atoms with Gasteiger partial charge in [-0.1, -0.05) is 11.6 Å². The fraction of sp³-hybridized carbons (Fsp3) is 0. The Hall–Kier alpha value is -1.61. The van der Waals surface area contributed by atoms with Gasteiger partial charge in [0.2, 0.25) is 0 Å². The SMILES string of the molecule is N#CNc1nnnc(N)c1Cl. The largest absolute Gasteiger partial charge is 0.381 e. The lowest BCUT2D eigenvalue weighted by molar-refractivity contribution is 0.879. The summed E-state index contributed by atoms with van der Waals surface area (Å²) in [6.07, 6.45) is 1.63. The van der Waals surface area contributed by atoms with Gasteiger partial charge in [0.1, 0.15) is 5.02 Å². The maximum atomic E-state index is 8.19. The summed E-state index contributed by atoms with van der Waals surface area (Å²) in [5.74, 6) is 0.154. The van der Waals surface area contributed by atoms with Gasteiger partial charge in [-0.05, 0) is 5.21 Å². The van der Waals surface area contributed by atoms with Crippen LogP contribution in [0.4, 0.5) is 11.6 Å². The zero-order valence-electron chi connectivity index (χ0n) is 5.24. The first-order valence-corrected chi connectivity index (χ1v) is 2.93. The first kappa shape index (κ1) is 7.50. The Balaban J connectivity index is 3.08. The van der Waals surface area contributed by atoms with Crippen LogP contribution in [0.2, 0.25) is 5.02 Å². The van der Waals surface area contributed by atoms with Gasteiger partial charge >= 0.3 is 0 Å². The van der Waals surface area contributed by atoms with E-state index in [2.05, 4.69) is 20.7 Å². The van der Waals surface area contributed by atoms with E-state index in [9.17, 15) is 0 Å². The van der Waals surface area contributed by atoms with Crippen LogP contribution in [0.25, 0.3) is 0 Å². The second-order valence-electron chi connectivity index (χ2n) is 1.57. The Kier molecular flexibility index (Phi) is 2.03. The normalized spacial score (nSPS) is 8.73. The topological polar surface area (TPSA) is 101 Å². The highest BCUT2D eigenvalue weighted by Crippen LogP contribution is 2.21. The van der Waals surface area contributed by atoms with Gasteiger partial charge < -0.3 is 5.73 Å². The van der Waals surface area contributed by atoms with E-state index < -0.39 is 0 Å². The van der Waals surface area contributed by atoms with Gasteiger partial charge in [-0.3, -0.25) is 5.32 Å². The van der Waals surface area contributed by atoms with E-state index in [0.29, 0.717) is 0 Å². The van der Waals surface area contributed by atoms with Crippen molar-refractivity contribution in [2.45, 2.75) is 0 Å². The molecule has 0 amide bonds. The highest BCUT2D eigenvalue weighted by molar-refractivity contribution is 6.35. The molecule has 0 unspecified atom stereocenters. The van der Waals surface area contributed by atoms with Crippen LogP contribution in [-0.2, 0) is 0 Å². The van der Waals surface area contributed by atoms with E-state index in [0.717, 1.165) is 0 Å². The van der Waals surface area contributed by atoms with E-state index in [1.807, 2.05) is 0 Å². The lowest BCUT2D eigenvalue weighted by Gasteiger charge is -1.97. The maximum Gasteiger partial charge on any atom is 0.186 e. The van der Waals surface area contributed by atoms with Crippen LogP contribution in [0.3, 0.4) is 0 Å². The van der Waals surface area contributed by atoms with Gasteiger partial charge in [-0.15, -0.1) is 10.2 Å². The second kappa shape index (κ2) is 2.98. The number of nitrogen functional groups attached to an aromatic ring is 1. The van der Waals surface area contributed by atoms with Gasteiger partial charge in [0.05, 0.1) is 0 Å². The molecule has 0 aliphatic heterocycles. The average molecular weight is 171 g/mol. The molecule has 1 heterocycles. The highest BCUT2D eigenvalue weighted by Gasteiger charge is 2.05. The minimum Gasteiger partial charge on any atom is -0.381 e. The summed E-state index contributed by atoms with van der Waals surface area (Å²) in [5, 5.41) is 20.5. The van der Waals surface area contributed by atoms with Crippen molar-refractivity contribution in [3.8, 4) is 6.19 Å². The molecule has 0 spiro atoms. The Bertz CT molecular complexity index is 304. The number of nitrogens with zero attached hydrogens (tertiary/aromatic N) is 4. The highest BCUT2D eigenvalue weighted by atomic mass is 35.5. The van der Waals surface area contributed by atoms with Crippen molar-refractivity contribution in [1.29, 1.82) is 5.26 Å². The van der Waals surface area contributed by atoms with Gasteiger partial charge in [-0.25, -0.2) is 0 Å². The molecule has 1 aromatic heterocycles. The lowest BCUT2D eigenvalue weighted by Crippen LogP contribution is -2.01. The van der Waals surface area contributed by atoms with Crippen LogP contribution < -0.4 is 11.1 Å². The number of nitrogens with two attached hydrogens (primary N) is 1. The van der Waals surface area contributed by atoms with E-state index in [1.165, 1.54) is 0 Å². The van der Waals surface area contributed by atoms with E-state index >= 15 is 0 Å². The molecule has 0 aliphatic carbocycles. The maximum absolute atomic E-state index is 8.19. The Labute approximate surface area is 67.0 Å². The molecular weight excluding hydrogens is 168 g/mol. The number of halogens is 1. The molecular formula is C4H3ClN6. The van der Waals surface area contributed by atoms with Crippen molar-refractivity contribution in [1.82, 2.24) is 15.4 Å². The molecule has 0 saturated carbocycles. The molecule has 6 nitrogen and oxygen atoms in total. The Morgan fingerprint density at radius 3 is 2.91 bits per heavy atom. The van der Waals surface area contributed by atoms with Crippen LogP contribution in [0.15, 0.2) is 0 Å². The zero-order chi connectivity index (χ0) is 8.27. The Morgan fingerprint density at radius 2 is 2.27 bits per heavy atom.